The predicted octanol–water partition coefficient (Wildman–Crippen LogP) is 16.2. The van der Waals surface area contributed by atoms with E-state index in [2.05, 4.69) is 248 Å². The lowest BCUT2D eigenvalue weighted by molar-refractivity contribution is 0.569. The van der Waals surface area contributed by atoms with Crippen molar-refractivity contribution in [2.75, 3.05) is 9.80 Å². The van der Waals surface area contributed by atoms with Crippen LogP contribution >= 0.6 is 0 Å². The van der Waals surface area contributed by atoms with Gasteiger partial charge < -0.3 is 9.80 Å². The fourth-order valence-corrected chi connectivity index (χ4v) is 11.0. The van der Waals surface area contributed by atoms with Crippen LogP contribution in [-0.2, 0) is 16.2 Å². The van der Waals surface area contributed by atoms with Crippen LogP contribution in [0.4, 0.5) is 34.1 Å². The van der Waals surface area contributed by atoms with E-state index in [0.29, 0.717) is 17.5 Å². The maximum Gasteiger partial charge on any atom is 0.252 e. The first-order chi connectivity index (χ1) is 36.1. The number of rotatable bonds is 7. The topological polar surface area (TPSA) is 45.2 Å². The first-order valence-corrected chi connectivity index (χ1v) is 26.4. The van der Waals surface area contributed by atoms with Gasteiger partial charge in [-0.2, -0.15) is 0 Å². The second-order valence-corrected chi connectivity index (χ2v) is 23.4. The monoisotopic (exact) mass is 972 g/mol. The minimum atomic E-state index is -0.148. The Hall–Kier alpha value is -8.35. The van der Waals surface area contributed by atoms with Gasteiger partial charge >= 0.3 is 0 Å². The van der Waals surface area contributed by atoms with Crippen molar-refractivity contribution < 1.29 is 0 Å². The highest BCUT2D eigenvalue weighted by molar-refractivity contribution is 7.00. The van der Waals surface area contributed by atoms with Crippen molar-refractivity contribution in [3.8, 4) is 56.4 Å². The lowest BCUT2D eigenvalue weighted by Gasteiger charge is -2.45. The molecule has 0 fully saturated rings. The third-order valence-electron chi connectivity index (χ3n) is 15.1. The fraction of sp³-hybridized carbons (Fsp3) is 0.174. The Morgan fingerprint density at radius 2 is 0.680 bits per heavy atom. The van der Waals surface area contributed by atoms with Crippen molar-refractivity contribution in [1.82, 2.24) is 15.0 Å². The Morgan fingerprint density at radius 3 is 1.11 bits per heavy atom. The quantitative estimate of drug-likeness (QED) is 0.149. The van der Waals surface area contributed by atoms with E-state index in [0.717, 1.165) is 50.8 Å². The molecule has 366 valence electrons. The predicted molar refractivity (Wildman–Crippen MR) is 317 cm³/mol. The van der Waals surface area contributed by atoms with E-state index in [-0.39, 0.29) is 23.0 Å². The third-order valence-corrected chi connectivity index (χ3v) is 15.1. The van der Waals surface area contributed by atoms with Crippen molar-refractivity contribution in [3.63, 3.8) is 0 Å². The van der Waals surface area contributed by atoms with Crippen LogP contribution in [0.25, 0.3) is 56.4 Å². The summed E-state index contributed by atoms with van der Waals surface area (Å²) in [5, 5.41) is 0. The second-order valence-electron chi connectivity index (χ2n) is 23.4. The first kappa shape index (κ1) is 47.6. The second kappa shape index (κ2) is 18.2. The smallest absolute Gasteiger partial charge is 0.252 e. The number of aromatic nitrogens is 3. The van der Waals surface area contributed by atoms with Gasteiger partial charge in [0.15, 0.2) is 17.5 Å². The number of anilines is 6. The van der Waals surface area contributed by atoms with Crippen LogP contribution in [-0.4, -0.2) is 21.7 Å². The summed E-state index contributed by atoms with van der Waals surface area (Å²) < 4.78 is 0. The highest BCUT2D eigenvalue weighted by Gasteiger charge is 2.45. The van der Waals surface area contributed by atoms with Crippen LogP contribution in [0.5, 0.6) is 0 Å². The van der Waals surface area contributed by atoms with E-state index in [9.17, 15) is 0 Å². The minimum absolute atomic E-state index is 0.0887. The average molecular weight is 972 g/mol. The molecule has 0 saturated heterocycles. The highest BCUT2D eigenvalue weighted by Crippen LogP contribution is 2.48. The number of nitrogens with zero attached hydrogens (tertiary/aromatic N) is 5. The molecule has 3 heterocycles. The summed E-state index contributed by atoms with van der Waals surface area (Å²) in [6.07, 6.45) is 0. The van der Waals surface area contributed by atoms with Crippen molar-refractivity contribution in [2.45, 2.75) is 78.6 Å². The summed E-state index contributed by atoms with van der Waals surface area (Å²) >= 11 is 0. The van der Waals surface area contributed by atoms with Crippen LogP contribution in [0.3, 0.4) is 0 Å². The Morgan fingerprint density at radius 1 is 0.293 bits per heavy atom. The van der Waals surface area contributed by atoms with Gasteiger partial charge in [0.2, 0.25) is 0 Å². The molecule has 10 aromatic rings. The minimum Gasteiger partial charge on any atom is -0.311 e. The van der Waals surface area contributed by atoms with Gasteiger partial charge in [-0.15, -0.1) is 0 Å². The van der Waals surface area contributed by atoms with Gasteiger partial charge in [-0.1, -0.05) is 226 Å². The Kier molecular flexibility index (Phi) is 11.6. The van der Waals surface area contributed by atoms with Gasteiger partial charge in [0, 0.05) is 50.8 Å². The van der Waals surface area contributed by atoms with Crippen LogP contribution in [0.2, 0.25) is 0 Å². The molecule has 0 amide bonds. The number of fused-ring (bicyclic) bond motifs is 4. The molecule has 1 aromatic heterocycles. The zero-order valence-electron chi connectivity index (χ0n) is 44.5. The third kappa shape index (κ3) is 8.82. The van der Waals surface area contributed by atoms with E-state index in [1.165, 1.54) is 55.3 Å². The van der Waals surface area contributed by atoms with Gasteiger partial charge in [-0.3, -0.25) is 0 Å². The summed E-state index contributed by atoms with van der Waals surface area (Å²) in [5.74, 6) is 1.86. The molecule has 5 nitrogen and oxygen atoms in total. The van der Waals surface area contributed by atoms with Gasteiger partial charge in [-0.25, -0.2) is 15.0 Å². The highest BCUT2D eigenvalue weighted by atomic mass is 15.2. The molecule has 2 aliphatic rings. The molecule has 0 saturated carbocycles. The zero-order valence-corrected chi connectivity index (χ0v) is 44.5. The molecule has 75 heavy (non-hydrogen) atoms. The number of hydrogen-bond acceptors (Lipinski definition) is 5. The standard InChI is InChI=1S/C69H62BN5/c1-67(2,3)52-31-22-32-55(42-52)74-59-35-33-49(45-23-14-10-15-24-45)37-57(59)70-58-38-50(46-25-16-11-17-26-46)34-36-60(58)75(56-43-53(68(4,5)6)41-54(44-56)69(7,8)9)62-40-51(39-61(74)63(62)70)66-72-64(47-27-18-12-19-28-47)71-65(73-66)48-29-20-13-21-30-48/h10-44H,1-9H3. The van der Waals surface area contributed by atoms with Crippen molar-refractivity contribution >= 4 is 57.2 Å². The van der Waals surface area contributed by atoms with Crippen LogP contribution < -0.4 is 26.2 Å². The molecule has 6 heteroatoms. The molecule has 9 aromatic carbocycles. The van der Waals surface area contributed by atoms with Crippen LogP contribution in [0.1, 0.15) is 79.0 Å². The van der Waals surface area contributed by atoms with Crippen molar-refractivity contribution in [2.24, 2.45) is 0 Å². The molecule has 2 aliphatic heterocycles. The van der Waals surface area contributed by atoms with Crippen molar-refractivity contribution in [1.29, 1.82) is 0 Å². The van der Waals surface area contributed by atoms with Gasteiger partial charge in [0.1, 0.15) is 0 Å². The van der Waals surface area contributed by atoms with E-state index >= 15 is 0 Å². The van der Waals surface area contributed by atoms with Crippen LogP contribution in [0, 0.1) is 0 Å². The largest absolute Gasteiger partial charge is 0.311 e. The SMILES string of the molecule is CC(C)(C)c1cccc(N2c3ccc(-c4ccccc4)cc3B3c4cc(-c5ccccc5)ccc4N(c4cc(C(C)(C)C)cc(C(C)(C)C)c4)c4cc(-c5nc(-c6ccccc6)nc(-c6ccccc6)n5)cc2c43)c1. The zero-order chi connectivity index (χ0) is 51.8. The van der Waals surface area contributed by atoms with Crippen LogP contribution in [0.15, 0.2) is 212 Å². The van der Waals surface area contributed by atoms with Gasteiger partial charge in [0.25, 0.3) is 6.71 Å². The molecule has 12 rings (SSSR count). The average Bonchev–Trinajstić information content (AvgIpc) is 3.43. The lowest BCUT2D eigenvalue weighted by Crippen LogP contribution is -2.61. The van der Waals surface area contributed by atoms with E-state index < -0.39 is 0 Å². The van der Waals surface area contributed by atoms with Gasteiger partial charge in [-0.05, 0) is 120 Å². The molecule has 0 bridgehead atoms. The number of hydrogen-bond donors (Lipinski definition) is 0. The molecule has 0 unspecified atom stereocenters. The molecule has 0 spiro atoms. The molecule has 0 aliphatic carbocycles. The normalized spacial score (nSPS) is 13.1. The Labute approximate surface area is 443 Å². The molecule has 0 radical (unpaired) electrons. The fourth-order valence-electron chi connectivity index (χ4n) is 11.0. The summed E-state index contributed by atoms with van der Waals surface area (Å²) in [6, 6.07) is 77.7. The first-order valence-electron chi connectivity index (χ1n) is 26.4. The summed E-state index contributed by atoms with van der Waals surface area (Å²) in [4.78, 5) is 21.1. The maximum atomic E-state index is 5.42. The Balaban J connectivity index is 1.23. The van der Waals surface area contributed by atoms with Gasteiger partial charge in [0.05, 0.1) is 0 Å². The summed E-state index contributed by atoms with van der Waals surface area (Å²) in [5.41, 5.74) is 21.4. The molecule has 0 atom stereocenters. The van der Waals surface area contributed by atoms with E-state index in [1.807, 2.05) is 36.4 Å². The summed E-state index contributed by atoms with van der Waals surface area (Å²) in [6.45, 7) is 20.7. The molecular weight excluding hydrogens is 910 g/mol. The lowest BCUT2D eigenvalue weighted by atomic mass is 9.33. The molecular formula is C69H62BN5. The van der Waals surface area contributed by atoms with E-state index in [4.69, 9.17) is 15.0 Å². The maximum absolute atomic E-state index is 5.42. The Bertz CT molecular complexity index is 3690. The number of benzene rings is 9. The van der Waals surface area contributed by atoms with Crippen molar-refractivity contribution in [3.05, 3.63) is 229 Å². The summed E-state index contributed by atoms with van der Waals surface area (Å²) in [7, 11) is 0. The van der Waals surface area contributed by atoms with E-state index in [1.54, 1.807) is 0 Å². The molecule has 0 N–H and O–H groups in total.